The van der Waals surface area contributed by atoms with Crippen LogP contribution in [0.15, 0.2) is 17.5 Å². The second kappa shape index (κ2) is 18.0. The van der Waals surface area contributed by atoms with Crippen LogP contribution in [0.4, 0.5) is 0 Å². The van der Waals surface area contributed by atoms with E-state index in [1.165, 1.54) is 108 Å². The number of unbranched alkanes of at least 4 members (excludes halogenated alkanes) is 15. The average Bonchev–Trinajstić information content (AvgIpc) is 3.19. The van der Waals surface area contributed by atoms with Crippen molar-refractivity contribution in [2.24, 2.45) is 0 Å². The van der Waals surface area contributed by atoms with E-state index >= 15 is 0 Å². The van der Waals surface area contributed by atoms with E-state index in [1.807, 2.05) is 0 Å². The van der Waals surface area contributed by atoms with Crippen LogP contribution in [0.2, 0.25) is 0 Å². The van der Waals surface area contributed by atoms with Crippen LogP contribution in [0.3, 0.4) is 0 Å². The lowest BCUT2D eigenvalue weighted by molar-refractivity contribution is 0.0651. The van der Waals surface area contributed by atoms with Gasteiger partial charge in [0.15, 0.2) is 0 Å². The number of hydrogen-bond acceptors (Lipinski definition) is 2. The molecule has 0 fully saturated rings. The normalized spacial score (nSPS) is 12.5. The highest BCUT2D eigenvalue weighted by Crippen LogP contribution is 2.22. The fraction of sp³-hybridized carbons (Fsp3) is 0.833. The number of rotatable bonds is 19. The second-order valence-corrected chi connectivity index (χ2v) is 8.81. The number of hydrogen-bond donors (Lipinski definition) is 0. The fourth-order valence-corrected chi connectivity index (χ4v) is 4.25. The monoisotopic (exact) mass is 380 g/mol. The Hall–Kier alpha value is -0.340. The highest BCUT2D eigenvalue weighted by Gasteiger charge is 2.05. The first kappa shape index (κ1) is 23.7. The molecule has 0 bridgehead atoms. The van der Waals surface area contributed by atoms with E-state index in [2.05, 4.69) is 31.4 Å². The summed E-state index contributed by atoms with van der Waals surface area (Å²) in [5.41, 5.74) is 0. The van der Waals surface area contributed by atoms with Gasteiger partial charge in [-0.05, 0) is 24.8 Å². The van der Waals surface area contributed by atoms with Gasteiger partial charge >= 0.3 is 0 Å². The third-order valence-corrected chi connectivity index (χ3v) is 6.34. The highest BCUT2D eigenvalue weighted by atomic mass is 32.1. The summed E-state index contributed by atoms with van der Waals surface area (Å²) in [6.45, 7) is 5.37. The van der Waals surface area contributed by atoms with Crippen LogP contribution in [0, 0.1) is 0 Å². The molecule has 1 unspecified atom stereocenters. The molecule has 0 amide bonds. The fourth-order valence-electron chi connectivity index (χ4n) is 3.51. The standard InChI is InChI=1S/C24H44OS/c1-3-4-5-6-7-8-9-10-11-12-13-14-15-16-17-18-21-25-23(2)24-20-19-22-26-24/h19-20,22-23H,3-18,21H2,1-2H3. The van der Waals surface area contributed by atoms with Gasteiger partial charge in [-0.3, -0.25) is 0 Å². The molecule has 2 heteroatoms. The summed E-state index contributed by atoms with van der Waals surface area (Å²) in [6, 6.07) is 4.28. The largest absolute Gasteiger partial charge is 0.373 e. The van der Waals surface area contributed by atoms with E-state index < -0.39 is 0 Å². The first-order chi connectivity index (χ1) is 12.8. The zero-order valence-electron chi connectivity index (χ0n) is 17.6. The topological polar surface area (TPSA) is 9.23 Å². The molecule has 1 aromatic heterocycles. The van der Waals surface area contributed by atoms with Crippen molar-refractivity contribution in [1.82, 2.24) is 0 Å². The maximum absolute atomic E-state index is 5.92. The molecule has 152 valence electrons. The molecule has 0 aliphatic heterocycles. The van der Waals surface area contributed by atoms with E-state index in [0.29, 0.717) is 0 Å². The number of thiophene rings is 1. The van der Waals surface area contributed by atoms with Crippen LogP contribution < -0.4 is 0 Å². The van der Waals surface area contributed by atoms with E-state index in [4.69, 9.17) is 4.74 Å². The summed E-state index contributed by atoms with van der Waals surface area (Å²) in [6.07, 6.45) is 23.0. The van der Waals surface area contributed by atoms with Gasteiger partial charge in [0.2, 0.25) is 0 Å². The summed E-state index contributed by atoms with van der Waals surface area (Å²) < 4.78 is 5.92. The third kappa shape index (κ3) is 13.8. The molecule has 0 aliphatic rings. The molecule has 1 atom stereocenters. The van der Waals surface area contributed by atoms with Crippen molar-refractivity contribution < 1.29 is 4.74 Å². The molecule has 1 aromatic rings. The summed E-state index contributed by atoms with van der Waals surface area (Å²) in [7, 11) is 0. The van der Waals surface area contributed by atoms with E-state index in [1.54, 1.807) is 11.3 Å². The molecular weight excluding hydrogens is 336 g/mol. The molecule has 0 aliphatic carbocycles. The lowest BCUT2D eigenvalue weighted by atomic mass is 10.0. The minimum atomic E-state index is 0.270. The van der Waals surface area contributed by atoms with Crippen LogP contribution in [0.25, 0.3) is 0 Å². The Labute approximate surface area is 167 Å². The first-order valence-electron chi connectivity index (χ1n) is 11.5. The summed E-state index contributed by atoms with van der Waals surface area (Å²) in [5.74, 6) is 0. The van der Waals surface area contributed by atoms with Crippen molar-refractivity contribution in [2.75, 3.05) is 6.61 Å². The molecule has 1 heterocycles. The van der Waals surface area contributed by atoms with Gasteiger partial charge < -0.3 is 4.74 Å². The maximum Gasteiger partial charge on any atom is 0.0888 e. The Morgan fingerprint density at radius 3 is 1.62 bits per heavy atom. The Morgan fingerprint density at radius 2 is 1.19 bits per heavy atom. The van der Waals surface area contributed by atoms with Gasteiger partial charge in [-0.25, -0.2) is 0 Å². The SMILES string of the molecule is CCCCCCCCCCCCCCCCCCOC(C)c1cccs1. The Balaban J connectivity index is 1.71. The van der Waals surface area contributed by atoms with Crippen LogP contribution in [-0.4, -0.2) is 6.61 Å². The van der Waals surface area contributed by atoms with E-state index in [9.17, 15) is 0 Å². The summed E-state index contributed by atoms with van der Waals surface area (Å²) in [5, 5.41) is 2.13. The number of ether oxygens (including phenoxy) is 1. The quantitative estimate of drug-likeness (QED) is 0.217. The molecular formula is C24H44OS. The van der Waals surface area contributed by atoms with Gasteiger partial charge in [-0.2, -0.15) is 0 Å². The molecule has 0 N–H and O–H groups in total. The lowest BCUT2D eigenvalue weighted by Crippen LogP contribution is -1.99. The first-order valence-corrected chi connectivity index (χ1v) is 12.4. The Kier molecular flexibility index (Phi) is 16.4. The maximum atomic E-state index is 5.92. The van der Waals surface area contributed by atoms with Gasteiger partial charge in [-0.1, -0.05) is 109 Å². The van der Waals surface area contributed by atoms with Crippen LogP contribution >= 0.6 is 11.3 Å². The van der Waals surface area contributed by atoms with Crippen LogP contribution in [-0.2, 0) is 4.74 Å². The van der Waals surface area contributed by atoms with Crippen molar-refractivity contribution in [2.45, 2.75) is 123 Å². The summed E-state index contributed by atoms with van der Waals surface area (Å²) in [4.78, 5) is 1.35. The van der Waals surface area contributed by atoms with Gasteiger partial charge in [0.25, 0.3) is 0 Å². The molecule has 26 heavy (non-hydrogen) atoms. The van der Waals surface area contributed by atoms with E-state index in [0.717, 1.165) is 6.61 Å². The zero-order valence-corrected chi connectivity index (χ0v) is 18.5. The molecule has 0 saturated carbocycles. The van der Waals surface area contributed by atoms with Gasteiger partial charge in [0.1, 0.15) is 0 Å². The van der Waals surface area contributed by atoms with Crippen molar-refractivity contribution >= 4 is 11.3 Å². The van der Waals surface area contributed by atoms with E-state index in [-0.39, 0.29) is 6.10 Å². The summed E-state index contributed by atoms with van der Waals surface area (Å²) >= 11 is 1.80. The van der Waals surface area contributed by atoms with Crippen LogP contribution in [0.5, 0.6) is 0 Å². The van der Waals surface area contributed by atoms with Gasteiger partial charge in [0, 0.05) is 11.5 Å². The minimum Gasteiger partial charge on any atom is -0.373 e. The van der Waals surface area contributed by atoms with Gasteiger partial charge in [0.05, 0.1) is 6.10 Å². The third-order valence-electron chi connectivity index (χ3n) is 5.31. The smallest absolute Gasteiger partial charge is 0.0888 e. The molecule has 1 nitrogen and oxygen atoms in total. The highest BCUT2D eigenvalue weighted by molar-refractivity contribution is 7.10. The minimum absolute atomic E-state index is 0.270. The molecule has 0 saturated heterocycles. The zero-order chi connectivity index (χ0) is 18.7. The Bertz CT molecular complexity index is 374. The lowest BCUT2D eigenvalue weighted by Gasteiger charge is -2.11. The predicted molar refractivity (Wildman–Crippen MR) is 118 cm³/mol. The van der Waals surface area contributed by atoms with Crippen LogP contribution in [0.1, 0.15) is 128 Å². The van der Waals surface area contributed by atoms with Crippen molar-refractivity contribution in [1.29, 1.82) is 0 Å². The van der Waals surface area contributed by atoms with Gasteiger partial charge in [-0.15, -0.1) is 11.3 Å². The van der Waals surface area contributed by atoms with Crippen molar-refractivity contribution in [3.63, 3.8) is 0 Å². The van der Waals surface area contributed by atoms with Crippen molar-refractivity contribution in [3.8, 4) is 0 Å². The molecule has 0 spiro atoms. The predicted octanol–water partition coefficient (Wildman–Crippen LogP) is 9.09. The Morgan fingerprint density at radius 1 is 0.731 bits per heavy atom. The van der Waals surface area contributed by atoms with Crippen molar-refractivity contribution in [3.05, 3.63) is 22.4 Å². The molecule has 1 rings (SSSR count). The second-order valence-electron chi connectivity index (χ2n) is 7.83. The molecule has 0 aromatic carbocycles. The average molecular weight is 381 g/mol. The molecule has 0 radical (unpaired) electrons.